The van der Waals surface area contributed by atoms with E-state index in [0.29, 0.717) is 0 Å². The van der Waals surface area contributed by atoms with E-state index in [-0.39, 0.29) is 0 Å². The maximum absolute atomic E-state index is 2.56. The maximum Gasteiger partial charge on any atom is 0.0367 e. The third-order valence-electron chi connectivity index (χ3n) is 3.03. The van der Waals surface area contributed by atoms with Crippen LogP contribution in [0.4, 0.5) is 5.69 Å². The molecule has 0 atom stereocenters. The number of para-hydroxylation sites is 1. The quantitative estimate of drug-likeness (QED) is 0.792. The average Bonchev–Trinajstić information content (AvgIpc) is 2.43. The Hall–Kier alpha value is -1.02. The fourth-order valence-electron chi connectivity index (χ4n) is 2.18. The van der Waals surface area contributed by atoms with Gasteiger partial charge in [-0.05, 0) is 25.1 Å². The van der Waals surface area contributed by atoms with Gasteiger partial charge in [-0.25, -0.2) is 0 Å². The number of benzene rings is 1. The van der Waals surface area contributed by atoms with E-state index in [1.165, 1.54) is 44.8 Å². The Morgan fingerprint density at radius 2 is 1.53 bits per heavy atom. The van der Waals surface area contributed by atoms with Gasteiger partial charge in [-0.15, -0.1) is 0 Å². The Bertz CT molecular complexity index is 276. The van der Waals surface area contributed by atoms with Gasteiger partial charge in [0.2, 0.25) is 0 Å². The van der Waals surface area contributed by atoms with Gasteiger partial charge in [-0.2, -0.15) is 0 Å². The minimum Gasteiger partial charge on any atom is -0.369 e. The second-order valence-corrected chi connectivity index (χ2v) is 4.16. The molecule has 0 amide bonds. The van der Waals surface area contributed by atoms with Gasteiger partial charge in [0.25, 0.3) is 0 Å². The summed E-state index contributed by atoms with van der Waals surface area (Å²) in [5.74, 6) is 0. The number of anilines is 1. The van der Waals surface area contributed by atoms with Crippen molar-refractivity contribution in [3.63, 3.8) is 0 Å². The van der Waals surface area contributed by atoms with Crippen LogP contribution in [0.5, 0.6) is 0 Å². The summed E-state index contributed by atoms with van der Waals surface area (Å²) in [6, 6.07) is 10.7. The van der Waals surface area contributed by atoms with Crippen molar-refractivity contribution in [3.8, 4) is 0 Å². The lowest BCUT2D eigenvalue weighted by atomic mass is 10.2. The van der Waals surface area contributed by atoms with Crippen LogP contribution in [0.15, 0.2) is 30.3 Å². The van der Waals surface area contributed by atoms with Crippen LogP contribution in [0.3, 0.4) is 0 Å². The van der Waals surface area contributed by atoms with E-state index in [0.717, 1.165) is 0 Å². The SMILES string of the molecule is CC.CCCN1CCN(c2ccccc2)CC1. The van der Waals surface area contributed by atoms with E-state index < -0.39 is 0 Å². The van der Waals surface area contributed by atoms with Crippen LogP contribution in [0.25, 0.3) is 0 Å². The molecule has 2 nitrogen and oxygen atoms in total. The highest BCUT2D eigenvalue weighted by Gasteiger charge is 2.15. The van der Waals surface area contributed by atoms with Gasteiger partial charge in [0.15, 0.2) is 0 Å². The second-order valence-electron chi connectivity index (χ2n) is 4.16. The van der Waals surface area contributed by atoms with Crippen molar-refractivity contribution in [2.24, 2.45) is 0 Å². The molecule has 0 radical (unpaired) electrons. The van der Waals surface area contributed by atoms with Gasteiger partial charge in [0, 0.05) is 31.9 Å². The first-order chi connectivity index (χ1) is 8.40. The lowest BCUT2D eigenvalue weighted by Crippen LogP contribution is -2.46. The maximum atomic E-state index is 2.56. The smallest absolute Gasteiger partial charge is 0.0367 e. The molecule has 1 fully saturated rings. The summed E-state index contributed by atoms with van der Waals surface area (Å²) in [5.41, 5.74) is 1.37. The van der Waals surface area contributed by atoms with Crippen LogP contribution in [0.2, 0.25) is 0 Å². The third kappa shape index (κ3) is 4.39. The van der Waals surface area contributed by atoms with Gasteiger partial charge < -0.3 is 4.90 Å². The summed E-state index contributed by atoms with van der Waals surface area (Å²) in [4.78, 5) is 5.03. The minimum absolute atomic E-state index is 1.17. The molecule has 1 aromatic rings. The fourth-order valence-corrected chi connectivity index (χ4v) is 2.18. The van der Waals surface area contributed by atoms with E-state index in [9.17, 15) is 0 Å². The molecule has 0 bridgehead atoms. The Morgan fingerprint density at radius 3 is 2.06 bits per heavy atom. The summed E-state index contributed by atoms with van der Waals surface area (Å²) in [6.07, 6.45) is 1.27. The van der Waals surface area contributed by atoms with Crippen LogP contribution in [0, 0.1) is 0 Å². The molecule has 0 spiro atoms. The molecule has 2 heteroatoms. The van der Waals surface area contributed by atoms with Crippen molar-refractivity contribution in [2.75, 3.05) is 37.6 Å². The topological polar surface area (TPSA) is 6.48 Å². The van der Waals surface area contributed by atoms with Crippen molar-refractivity contribution >= 4 is 5.69 Å². The molecule has 0 N–H and O–H groups in total. The van der Waals surface area contributed by atoms with Crippen molar-refractivity contribution in [2.45, 2.75) is 27.2 Å². The van der Waals surface area contributed by atoms with Gasteiger partial charge in [-0.3, -0.25) is 4.90 Å². The Morgan fingerprint density at radius 1 is 0.941 bits per heavy atom. The Kier molecular flexibility index (Phi) is 6.71. The monoisotopic (exact) mass is 234 g/mol. The average molecular weight is 234 g/mol. The number of rotatable bonds is 3. The summed E-state index contributed by atoms with van der Waals surface area (Å²) in [5, 5.41) is 0. The van der Waals surface area contributed by atoms with Crippen molar-refractivity contribution in [3.05, 3.63) is 30.3 Å². The van der Waals surface area contributed by atoms with Crippen molar-refractivity contribution in [1.29, 1.82) is 0 Å². The number of hydrogen-bond donors (Lipinski definition) is 0. The molecule has 1 saturated heterocycles. The molecule has 0 aliphatic carbocycles. The first kappa shape index (κ1) is 14.0. The van der Waals surface area contributed by atoms with Crippen LogP contribution in [-0.2, 0) is 0 Å². The van der Waals surface area contributed by atoms with Crippen LogP contribution < -0.4 is 4.90 Å². The van der Waals surface area contributed by atoms with Crippen LogP contribution in [-0.4, -0.2) is 37.6 Å². The summed E-state index contributed by atoms with van der Waals surface area (Å²) >= 11 is 0. The zero-order chi connectivity index (χ0) is 12.5. The predicted molar refractivity (Wildman–Crippen MR) is 76.7 cm³/mol. The molecule has 0 unspecified atom stereocenters. The highest BCUT2D eigenvalue weighted by Crippen LogP contribution is 2.15. The molecule has 0 aromatic heterocycles. The molecule has 2 rings (SSSR count). The molecule has 1 aromatic carbocycles. The standard InChI is InChI=1S/C13H20N2.C2H6/c1-2-8-14-9-11-15(12-10-14)13-6-4-3-5-7-13;1-2/h3-7H,2,8-12H2,1H3;1-2H3. The molecule has 17 heavy (non-hydrogen) atoms. The zero-order valence-corrected chi connectivity index (χ0v) is 11.5. The molecule has 0 saturated carbocycles. The number of nitrogens with zero attached hydrogens (tertiary/aromatic N) is 2. The molecular formula is C15H26N2. The zero-order valence-electron chi connectivity index (χ0n) is 11.5. The molecular weight excluding hydrogens is 208 g/mol. The number of hydrogen-bond acceptors (Lipinski definition) is 2. The largest absolute Gasteiger partial charge is 0.369 e. The number of piperazine rings is 1. The summed E-state index contributed by atoms with van der Waals surface area (Å²) < 4.78 is 0. The summed E-state index contributed by atoms with van der Waals surface area (Å²) in [6.45, 7) is 12.3. The Balaban J connectivity index is 0.000000686. The Labute approximate surface area is 106 Å². The van der Waals surface area contributed by atoms with E-state index in [1.807, 2.05) is 13.8 Å². The van der Waals surface area contributed by atoms with Gasteiger partial charge in [-0.1, -0.05) is 39.0 Å². The van der Waals surface area contributed by atoms with Crippen LogP contribution >= 0.6 is 0 Å². The van der Waals surface area contributed by atoms with E-state index in [4.69, 9.17) is 0 Å². The first-order valence-corrected chi connectivity index (χ1v) is 6.92. The normalized spacial score (nSPS) is 16.3. The van der Waals surface area contributed by atoms with E-state index in [1.54, 1.807) is 0 Å². The minimum atomic E-state index is 1.17. The predicted octanol–water partition coefficient (Wildman–Crippen LogP) is 3.24. The fraction of sp³-hybridized carbons (Fsp3) is 0.600. The van der Waals surface area contributed by atoms with Crippen molar-refractivity contribution < 1.29 is 0 Å². The van der Waals surface area contributed by atoms with Crippen molar-refractivity contribution in [1.82, 2.24) is 4.90 Å². The second kappa shape index (κ2) is 8.13. The molecule has 1 aliphatic rings. The molecule has 96 valence electrons. The highest BCUT2D eigenvalue weighted by molar-refractivity contribution is 5.46. The highest BCUT2D eigenvalue weighted by atomic mass is 15.3. The first-order valence-electron chi connectivity index (χ1n) is 6.92. The third-order valence-corrected chi connectivity index (χ3v) is 3.03. The van der Waals surface area contributed by atoms with E-state index in [2.05, 4.69) is 47.1 Å². The lowest BCUT2D eigenvalue weighted by molar-refractivity contribution is 0.258. The lowest BCUT2D eigenvalue weighted by Gasteiger charge is -2.35. The van der Waals surface area contributed by atoms with Crippen LogP contribution in [0.1, 0.15) is 27.2 Å². The molecule has 1 aliphatic heterocycles. The van der Waals surface area contributed by atoms with Gasteiger partial charge >= 0.3 is 0 Å². The van der Waals surface area contributed by atoms with Gasteiger partial charge in [0.1, 0.15) is 0 Å². The van der Waals surface area contributed by atoms with Gasteiger partial charge in [0.05, 0.1) is 0 Å². The molecule has 1 heterocycles. The summed E-state index contributed by atoms with van der Waals surface area (Å²) in [7, 11) is 0. The van der Waals surface area contributed by atoms with E-state index >= 15 is 0 Å².